The minimum Gasteiger partial charge on any atom is -0.494 e. The molecule has 7 heteroatoms. The summed E-state index contributed by atoms with van der Waals surface area (Å²) in [5.41, 5.74) is 1.31. The van der Waals surface area contributed by atoms with Gasteiger partial charge in [0.25, 0.3) is 5.91 Å². The SMILES string of the molecule is CCCCOc1ccc(C(=O)NC2=N[C@@H](c3ccc(Cl)cc3)CC(=O)N2)cc1. The molecule has 1 atom stereocenters. The smallest absolute Gasteiger partial charge is 0.257 e. The molecule has 0 unspecified atom stereocenters. The van der Waals surface area contributed by atoms with E-state index in [1.54, 1.807) is 36.4 Å². The number of benzene rings is 2. The summed E-state index contributed by atoms with van der Waals surface area (Å²) in [7, 11) is 0. The number of halogens is 1. The third kappa shape index (κ3) is 5.33. The summed E-state index contributed by atoms with van der Waals surface area (Å²) < 4.78 is 5.59. The highest BCUT2D eigenvalue weighted by Gasteiger charge is 2.23. The van der Waals surface area contributed by atoms with Crippen molar-refractivity contribution in [1.82, 2.24) is 10.6 Å². The van der Waals surface area contributed by atoms with Crippen LogP contribution in [0.4, 0.5) is 0 Å². The standard InChI is InChI=1S/C21H22ClN3O3/c1-2-3-12-28-17-10-6-15(7-11-17)20(27)25-21-23-18(13-19(26)24-21)14-4-8-16(22)9-5-14/h4-11,18H,2-3,12-13H2,1H3,(H2,23,24,25,26,27)/t18-/m1/s1. The Kier molecular flexibility index (Phi) is 6.66. The molecule has 1 aliphatic heterocycles. The summed E-state index contributed by atoms with van der Waals surface area (Å²) in [4.78, 5) is 29.0. The molecule has 2 aromatic rings. The van der Waals surface area contributed by atoms with Crippen molar-refractivity contribution in [2.45, 2.75) is 32.2 Å². The minimum absolute atomic E-state index is 0.143. The van der Waals surface area contributed by atoms with Crippen molar-refractivity contribution in [2.24, 2.45) is 4.99 Å². The van der Waals surface area contributed by atoms with E-state index < -0.39 is 0 Å². The van der Waals surface area contributed by atoms with Gasteiger partial charge < -0.3 is 4.74 Å². The summed E-state index contributed by atoms with van der Waals surface area (Å²) >= 11 is 5.91. The van der Waals surface area contributed by atoms with Gasteiger partial charge in [-0.3, -0.25) is 20.2 Å². The van der Waals surface area contributed by atoms with Gasteiger partial charge in [-0.1, -0.05) is 37.1 Å². The highest BCUT2D eigenvalue weighted by molar-refractivity contribution is 6.30. The monoisotopic (exact) mass is 399 g/mol. The molecule has 0 radical (unpaired) electrons. The fourth-order valence-electron chi connectivity index (χ4n) is 2.75. The average Bonchev–Trinajstić information content (AvgIpc) is 2.69. The van der Waals surface area contributed by atoms with Gasteiger partial charge in [0.2, 0.25) is 11.9 Å². The summed E-state index contributed by atoms with van der Waals surface area (Å²) in [5.74, 6) is 0.307. The highest BCUT2D eigenvalue weighted by atomic mass is 35.5. The Morgan fingerprint density at radius 3 is 2.61 bits per heavy atom. The van der Waals surface area contributed by atoms with E-state index >= 15 is 0 Å². The van der Waals surface area contributed by atoms with E-state index in [9.17, 15) is 9.59 Å². The largest absolute Gasteiger partial charge is 0.494 e. The molecule has 1 aliphatic rings. The Bertz CT molecular complexity index is 863. The number of unbranched alkanes of at least 4 members (excludes halogenated alkanes) is 1. The van der Waals surface area contributed by atoms with Gasteiger partial charge in [-0.15, -0.1) is 0 Å². The molecule has 28 heavy (non-hydrogen) atoms. The van der Waals surface area contributed by atoms with Gasteiger partial charge in [0, 0.05) is 10.6 Å². The molecule has 1 heterocycles. The van der Waals surface area contributed by atoms with Crippen molar-refractivity contribution in [2.75, 3.05) is 6.61 Å². The first-order chi connectivity index (χ1) is 13.5. The van der Waals surface area contributed by atoms with Crippen LogP contribution >= 0.6 is 11.6 Å². The predicted molar refractivity (Wildman–Crippen MR) is 109 cm³/mol. The Hall–Kier alpha value is -2.86. The Morgan fingerprint density at radius 2 is 1.93 bits per heavy atom. The van der Waals surface area contributed by atoms with Gasteiger partial charge in [-0.2, -0.15) is 0 Å². The highest BCUT2D eigenvalue weighted by Crippen LogP contribution is 2.24. The predicted octanol–water partition coefficient (Wildman–Crippen LogP) is 3.87. The second-order valence-electron chi connectivity index (χ2n) is 6.48. The lowest BCUT2D eigenvalue weighted by Crippen LogP contribution is -2.47. The first-order valence-electron chi connectivity index (χ1n) is 9.22. The normalized spacial score (nSPS) is 16.1. The second-order valence-corrected chi connectivity index (χ2v) is 6.91. The van der Waals surface area contributed by atoms with Gasteiger partial charge in [0.1, 0.15) is 5.75 Å². The van der Waals surface area contributed by atoms with Gasteiger partial charge in [0.15, 0.2) is 0 Å². The third-order valence-electron chi connectivity index (χ3n) is 4.29. The van der Waals surface area contributed by atoms with Crippen molar-refractivity contribution in [1.29, 1.82) is 0 Å². The molecule has 2 amide bonds. The van der Waals surface area contributed by atoms with Crippen LogP contribution in [-0.2, 0) is 4.79 Å². The maximum absolute atomic E-state index is 12.5. The van der Waals surface area contributed by atoms with E-state index in [1.807, 2.05) is 12.1 Å². The average molecular weight is 400 g/mol. The quantitative estimate of drug-likeness (QED) is 0.723. The number of hydrogen-bond donors (Lipinski definition) is 2. The second kappa shape index (κ2) is 9.37. The van der Waals surface area contributed by atoms with Crippen LogP contribution in [0.25, 0.3) is 0 Å². The number of ether oxygens (including phenoxy) is 1. The van der Waals surface area contributed by atoms with Crippen molar-refractivity contribution in [3.05, 3.63) is 64.7 Å². The zero-order valence-corrected chi connectivity index (χ0v) is 16.3. The van der Waals surface area contributed by atoms with E-state index in [2.05, 4.69) is 22.5 Å². The van der Waals surface area contributed by atoms with Gasteiger partial charge in [0.05, 0.1) is 19.1 Å². The molecule has 0 spiro atoms. The van der Waals surface area contributed by atoms with E-state index in [-0.39, 0.29) is 30.2 Å². The van der Waals surface area contributed by atoms with Crippen molar-refractivity contribution < 1.29 is 14.3 Å². The number of amides is 2. The lowest BCUT2D eigenvalue weighted by molar-refractivity contribution is -0.120. The molecule has 2 N–H and O–H groups in total. The van der Waals surface area contributed by atoms with Gasteiger partial charge >= 0.3 is 0 Å². The minimum atomic E-state index is -0.365. The van der Waals surface area contributed by atoms with E-state index in [0.29, 0.717) is 17.2 Å². The number of nitrogens with one attached hydrogen (secondary N) is 2. The maximum Gasteiger partial charge on any atom is 0.257 e. The first kappa shape index (κ1) is 19.9. The Labute approximate surface area is 169 Å². The van der Waals surface area contributed by atoms with E-state index in [0.717, 1.165) is 24.2 Å². The number of hydrogen-bond acceptors (Lipinski definition) is 4. The molecule has 0 fully saturated rings. The summed E-state index contributed by atoms with van der Waals surface area (Å²) in [6.07, 6.45) is 2.26. The number of carbonyl (C=O) groups is 2. The number of guanidine groups is 1. The van der Waals surface area contributed by atoms with Crippen LogP contribution < -0.4 is 15.4 Å². The van der Waals surface area contributed by atoms with Crippen LogP contribution in [0.2, 0.25) is 5.02 Å². The lowest BCUT2D eigenvalue weighted by atomic mass is 10.0. The first-order valence-corrected chi connectivity index (χ1v) is 9.60. The molecule has 2 aromatic carbocycles. The van der Waals surface area contributed by atoms with Crippen LogP contribution in [-0.4, -0.2) is 24.4 Å². The molecule has 3 rings (SSSR count). The lowest BCUT2D eigenvalue weighted by Gasteiger charge is -2.21. The Balaban J connectivity index is 1.66. The molecule has 0 saturated carbocycles. The molecule has 0 saturated heterocycles. The summed E-state index contributed by atoms with van der Waals surface area (Å²) in [6, 6.07) is 13.7. The summed E-state index contributed by atoms with van der Waals surface area (Å²) in [6.45, 7) is 2.75. The fraction of sp³-hybridized carbons (Fsp3) is 0.286. The fourth-order valence-corrected chi connectivity index (χ4v) is 2.88. The molecule has 0 aliphatic carbocycles. The number of aliphatic imine (C=N–C) groups is 1. The van der Waals surface area contributed by atoms with Gasteiger partial charge in [-0.05, 0) is 48.4 Å². The topological polar surface area (TPSA) is 79.8 Å². The molecular weight excluding hydrogens is 378 g/mol. The zero-order valence-electron chi connectivity index (χ0n) is 15.6. The van der Waals surface area contributed by atoms with E-state index in [1.165, 1.54) is 0 Å². The maximum atomic E-state index is 12.5. The zero-order chi connectivity index (χ0) is 19.9. The third-order valence-corrected chi connectivity index (χ3v) is 4.54. The Morgan fingerprint density at radius 1 is 1.21 bits per heavy atom. The number of carbonyl (C=O) groups excluding carboxylic acids is 2. The van der Waals surface area contributed by atoms with Crippen LogP contribution in [0.1, 0.15) is 48.1 Å². The van der Waals surface area contributed by atoms with Crippen LogP contribution in [0.15, 0.2) is 53.5 Å². The van der Waals surface area contributed by atoms with Crippen LogP contribution in [0.3, 0.4) is 0 Å². The molecule has 0 bridgehead atoms. The van der Waals surface area contributed by atoms with Crippen LogP contribution in [0, 0.1) is 0 Å². The number of rotatable bonds is 6. The van der Waals surface area contributed by atoms with Crippen molar-refractivity contribution in [3.63, 3.8) is 0 Å². The van der Waals surface area contributed by atoms with Crippen LogP contribution in [0.5, 0.6) is 5.75 Å². The van der Waals surface area contributed by atoms with Gasteiger partial charge in [-0.25, -0.2) is 4.99 Å². The molecule has 146 valence electrons. The van der Waals surface area contributed by atoms with Crippen molar-refractivity contribution >= 4 is 29.4 Å². The summed E-state index contributed by atoms with van der Waals surface area (Å²) in [5, 5.41) is 5.88. The molecule has 6 nitrogen and oxygen atoms in total. The number of nitrogens with zero attached hydrogens (tertiary/aromatic N) is 1. The van der Waals surface area contributed by atoms with E-state index in [4.69, 9.17) is 16.3 Å². The van der Waals surface area contributed by atoms with Crippen molar-refractivity contribution in [3.8, 4) is 5.75 Å². The molecule has 0 aromatic heterocycles. The molecular formula is C21H22ClN3O3.